The average Bonchev–Trinajstić information content (AvgIpc) is 3.31. The Morgan fingerprint density at radius 1 is 1.29 bits per heavy atom. The van der Waals surface area contributed by atoms with Gasteiger partial charge in [-0.05, 0) is 51.7 Å². The molecule has 6 heteroatoms. The van der Waals surface area contributed by atoms with Crippen molar-refractivity contribution in [3.05, 3.63) is 35.4 Å². The minimum absolute atomic E-state index is 0.218. The average molecular weight is 385 g/mol. The Labute approximate surface area is 167 Å². The van der Waals surface area contributed by atoms with Gasteiger partial charge >= 0.3 is 6.09 Å². The van der Waals surface area contributed by atoms with Crippen molar-refractivity contribution in [3.8, 4) is 0 Å². The standard InChI is InChI=1S/C22H32N4O2/c1-16-7-5-6-8-18(16)22(9-10-22)15-24-19-23-13-17-14-25(11-12-26(17)19)20(27)28-21(2,3)4/h5-8,17H,9-15H2,1-4H3,(H,23,24). The van der Waals surface area contributed by atoms with Gasteiger partial charge in [0.2, 0.25) is 0 Å². The fourth-order valence-electron chi connectivity index (χ4n) is 4.33. The molecule has 2 aliphatic heterocycles. The van der Waals surface area contributed by atoms with Crippen LogP contribution in [0.25, 0.3) is 0 Å². The molecule has 6 nitrogen and oxygen atoms in total. The van der Waals surface area contributed by atoms with Crippen molar-refractivity contribution >= 4 is 12.1 Å². The maximum Gasteiger partial charge on any atom is 0.410 e. The molecule has 1 unspecified atom stereocenters. The number of nitrogens with one attached hydrogen (secondary N) is 1. The molecule has 1 aliphatic carbocycles. The van der Waals surface area contributed by atoms with Gasteiger partial charge in [0.15, 0.2) is 5.96 Å². The minimum atomic E-state index is -0.457. The Bertz CT molecular complexity index is 779. The topological polar surface area (TPSA) is 57.2 Å². The summed E-state index contributed by atoms with van der Waals surface area (Å²) in [6, 6.07) is 8.97. The summed E-state index contributed by atoms with van der Waals surface area (Å²) in [6.45, 7) is 11.7. The van der Waals surface area contributed by atoms with Gasteiger partial charge in [-0.2, -0.15) is 0 Å². The summed E-state index contributed by atoms with van der Waals surface area (Å²) in [5.74, 6) is 0.994. The molecular weight excluding hydrogens is 352 g/mol. The highest BCUT2D eigenvalue weighted by Gasteiger charge is 2.46. The van der Waals surface area contributed by atoms with Gasteiger partial charge in [-0.25, -0.2) is 4.79 Å². The van der Waals surface area contributed by atoms with Gasteiger partial charge in [-0.3, -0.25) is 4.99 Å². The molecule has 1 saturated carbocycles. The molecule has 0 bridgehead atoms. The number of ether oxygens (including phenoxy) is 1. The highest BCUT2D eigenvalue weighted by Crippen LogP contribution is 2.48. The molecule has 28 heavy (non-hydrogen) atoms. The van der Waals surface area contributed by atoms with Gasteiger partial charge in [-0.1, -0.05) is 24.3 Å². The Balaban J connectivity index is 1.33. The molecule has 1 atom stereocenters. The molecule has 1 aromatic rings. The van der Waals surface area contributed by atoms with Crippen LogP contribution in [0.3, 0.4) is 0 Å². The number of nitrogens with zero attached hydrogens (tertiary/aromatic N) is 3. The van der Waals surface area contributed by atoms with Crippen molar-refractivity contribution in [1.29, 1.82) is 0 Å². The maximum absolute atomic E-state index is 12.4. The Morgan fingerprint density at radius 2 is 2.04 bits per heavy atom. The second-order valence-corrected chi connectivity index (χ2v) is 9.39. The Morgan fingerprint density at radius 3 is 2.71 bits per heavy atom. The lowest BCUT2D eigenvalue weighted by molar-refractivity contribution is 0.0137. The second kappa shape index (κ2) is 6.98. The summed E-state index contributed by atoms with van der Waals surface area (Å²) in [6.07, 6.45) is 2.24. The third kappa shape index (κ3) is 3.82. The zero-order valence-corrected chi connectivity index (χ0v) is 17.5. The Hall–Kier alpha value is -2.24. The lowest BCUT2D eigenvalue weighted by atomic mass is 9.92. The number of hydrogen-bond donors (Lipinski definition) is 1. The molecule has 2 fully saturated rings. The van der Waals surface area contributed by atoms with Gasteiger partial charge in [0.05, 0.1) is 12.6 Å². The Kier molecular flexibility index (Phi) is 4.76. The van der Waals surface area contributed by atoms with E-state index < -0.39 is 5.60 Å². The van der Waals surface area contributed by atoms with Crippen LogP contribution in [0.1, 0.15) is 44.7 Å². The molecular formula is C22H32N4O2. The highest BCUT2D eigenvalue weighted by atomic mass is 16.6. The van der Waals surface area contributed by atoms with Crippen molar-refractivity contribution in [2.75, 3.05) is 32.7 Å². The van der Waals surface area contributed by atoms with Crippen molar-refractivity contribution in [3.63, 3.8) is 0 Å². The molecule has 4 rings (SSSR count). The second-order valence-electron chi connectivity index (χ2n) is 9.39. The van der Waals surface area contributed by atoms with Crippen LogP contribution in [0, 0.1) is 6.92 Å². The van der Waals surface area contributed by atoms with Gasteiger partial charge in [0.25, 0.3) is 0 Å². The summed E-state index contributed by atoms with van der Waals surface area (Å²) in [7, 11) is 0. The number of carbonyl (C=O) groups is 1. The third-order valence-corrected chi connectivity index (χ3v) is 6.01. The number of benzene rings is 1. The van der Waals surface area contributed by atoms with Gasteiger partial charge in [0.1, 0.15) is 5.60 Å². The molecule has 2 heterocycles. The number of carbonyl (C=O) groups excluding carboxylic acids is 1. The lowest BCUT2D eigenvalue weighted by Crippen LogP contribution is -2.58. The highest BCUT2D eigenvalue weighted by molar-refractivity contribution is 5.82. The van der Waals surface area contributed by atoms with Crippen molar-refractivity contribution in [2.45, 2.75) is 57.6 Å². The van der Waals surface area contributed by atoms with Crippen LogP contribution in [0.2, 0.25) is 0 Å². The van der Waals surface area contributed by atoms with E-state index in [9.17, 15) is 4.79 Å². The molecule has 1 N–H and O–H groups in total. The van der Waals surface area contributed by atoms with E-state index in [-0.39, 0.29) is 17.6 Å². The number of rotatable bonds is 3. The summed E-state index contributed by atoms with van der Waals surface area (Å²) in [4.78, 5) is 21.3. The largest absolute Gasteiger partial charge is 0.444 e. The smallest absolute Gasteiger partial charge is 0.410 e. The SMILES string of the molecule is Cc1ccccc1C1(CNC2=NCC3CN(C(=O)OC(C)(C)C)CCN23)CC1. The van der Waals surface area contributed by atoms with Crippen LogP contribution < -0.4 is 5.32 Å². The van der Waals surface area contributed by atoms with E-state index in [2.05, 4.69) is 41.4 Å². The molecule has 0 aromatic heterocycles. The number of amides is 1. The van der Waals surface area contributed by atoms with E-state index in [0.29, 0.717) is 13.1 Å². The number of aryl methyl sites for hydroxylation is 1. The van der Waals surface area contributed by atoms with E-state index in [0.717, 1.165) is 25.6 Å². The molecule has 3 aliphatic rings. The lowest BCUT2D eigenvalue weighted by Gasteiger charge is -2.39. The van der Waals surface area contributed by atoms with Crippen LogP contribution in [-0.4, -0.2) is 66.2 Å². The molecule has 1 saturated heterocycles. The fourth-order valence-corrected chi connectivity index (χ4v) is 4.33. The molecule has 152 valence electrons. The van der Waals surface area contributed by atoms with Crippen LogP contribution in [0.15, 0.2) is 29.3 Å². The van der Waals surface area contributed by atoms with E-state index in [1.54, 1.807) is 0 Å². The van der Waals surface area contributed by atoms with E-state index in [1.165, 1.54) is 24.0 Å². The van der Waals surface area contributed by atoms with E-state index in [4.69, 9.17) is 9.73 Å². The number of fused-ring (bicyclic) bond motifs is 1. The van der Waals surface area contributed by atoms with Crippen molar-refractivity contribution < 1.29 is 9.53 Å². The van der Waals surface area contributed by atoms with Crippen LogP contribution in [0.5, 0.6) is 0 Å². The summed E-state index contributed by atoms with van der Waals surface area (Å²) < 4.78 is 5.53. The quantitative estimate of drug-likeness (QED) is 0.871. The molecule has 0 radical (unpaired) electrons. The number of aliphatic imine (C=N–C) groups is 1. The summed E-state index contributed by atoms with van der Waals surface area (Å²) in [5, 5.41) is 3.63. The third-order valence-electron chi connectivity index (χ3n) is 6.01. The predicted molar refractivity (Wildman–Crippen MR) is 111 cm³/mol. The number of piperazine rings is 1. The first-order chi connectivity index (χ1) is 13.3. The summed E-state index contributed by atoms with van der Waals surface area (Å²) >= 11 is 0. The zero-order valence-electron chi connectivity index (χ0n) is 17.5. The fraction of sp³-hybridized carbons (Fsp3) is 0.636. The maximum atomic E-state index is 12.4. The van der Waals surface area contributed by atoms with Crippen molar-refractivity contribution in [2.24, 2.45) is 4.99 Å². The first-order valence-corrected chi connectivity index (χ1v) is 10.4. The van der Waals surface area contributed by atoms with Gasteiger partial charge in [0, 0.05) is 31.6 Å². The number of hydrogen-bond acceptors (Lipinski definition) is 5. The van der Waals surface area contributed by atoms with Crippen LogP contribution >= 0.6 is 0 Å². The van der Waals surface area contributed by atoms with Gasteiger partial charge < -0.3 is 19.9 Å². The monoisotopic (exact) mass is 384 g/mol. The molecule has 0 spiro atoms. The summed E-state index contributed by atoms with van der Waals surface area (Å²) in [5.41, 5.74) is 2.64. The predicted octanol–water partition coefficient (Wildman–Crippen LogP) is 2.91. The normalized spacial score (nSPS) is 23.1. The van der Waals surface area contributed by atoms with E-state index in [1.807, 2.05) is 25.7 Å². The molecule has 1 amide bonds. The zero-order chi connectivity index (χ0) is 19.9. The molecule has 1 aromatic carbocycles. The van der Waals surface area contributed by atoms with Crippen LogP contribution in [-0.2, 0) is 10.2 Å². The first-order valence-electron chi connectivity index (χ1n) is 10.4. The van der Waals surface area contributed by atoms with Gasteiger partial charge in [-0.15, -0.1) is 0 Å². The van der Waals surface area contributed by atoms with Crippen LogP contribution in [0.4, 0.5) is 4.79 Å². The van der Waals surface area contributed by atoms with Crippen molar-refractivity contribution in [1.82, 2.24) is 15.1 Å². The first kappa shape index (κ1) is 19.1. The number of guanidine groups is 1. The minimum Gasteiger partial charge on any atom is -0.444 e. The van der Waals surface area contributed by atoms with E-state index >= 15 is 0 Å².